The van der Waals surface area contributed by atoms with Crippen LogP contribution >= 0.6 is 11.8 Å². The number of nitrogens with one attached hydrogen (secondary N) is 1. The zero-order valence-electron chi connectivity index (χ0n) is 12.0. The van der Waals surface area contributed by atoms with Gasteiger partial charge in [-0.1, -0.05) is 44.5 Å². The molecule has 1 amide bonds. The Morgan fingerprint density at radius 2 is 1.95 bits per heavy atom. The van der Waals surface area contributed by atoms with Gasteiger partial charge in [0.1, 0.15) is 0 Å². The number of hydrazine groups is 1. The minimum Gasteiger partial charge on any atom is -0.294 e. The van der Waals surface area contributed by atoms with Crippen molar-refractivity contribution in [3.05, 3.63) is 35.4 Å². The fourth-order valence-corrected chi connectivity index (χ4v) is 2.86. The summed E-state index contributed by atoms with van der Waals surface area (Å²) in [6.07, 6.45) is 1.23. The minimum absolute atomic E-state index is 0.154. The molecule has 0 aliphatic carbocycles. The van der Waals surface area contributed by atoms with Crippen molar-refractivity contribution >= 4 is 17.7 Å². The molecule has 0 saturated heterocycles. The molecule has 0 bridgehead atoms. The highest BCUT2D eigenvalue weighted by atomic mass is 32.2. The Bertz CT molecular complexity index is 392. The SMILES string of the molecule is CCC(C)CSCc1ccc(C(C)C(=O)NN)cc1. The first-order valence-electron chi connectivity index (χ1n) is 6.75. The molecular formula is C15H24N2OS. The molecule has 2 atom stereocenters. The maximum absolute atomic E-state index is 11.4. The smallest absolute Gasteiger partial charge is 0.241 e. The third-order valence-electron chi connectivity index (χ3n) is 3.38. The van der Waals surface area contributed by atoms with Gasteiger partial charge >= 0.3 is 0 Å². The van der Waals surface area contributed by atoms with Gasteiger partial charge in [-0.2, -0.15) is 11.8 Å². The lowest BCUT2D eigenvalue weighted by atomic mass is 9.99. The van der Waals surface area contributed by atoms with Crippen LogP contribution in [0.4, 0.5) is 0 Å². The van der Waals surface area contributed by atoms with Crippen molar-refractivity contribution in [2.75, 3.05) is 5.75 Å². The summed E-state index contributed by atoms with van der Waals surface area (Å²) >= 11 is 1.96. The minimum atomic E-state index is -0.202. The van der Waals surface area contributed by atoms with E-state index in [9.17, 15) is 4.79 Å². The van der Waals surface area contributed by atoms with Crippen LogP contribution in [0.5, 0.6) is 0 Å². The normalized spacial score (nSPS) is 13.9. The zero-order valence-corrected chi connectivity index (χ0v) is 12.8. The summed E-state index contributed by atoms with van der Waals surface area (Å²) in [7, 11) is 0. The molecule has 1 rings (SSSR count). The van der Waals surface area contributed by atoms with Gasteiger partial charge in [0.2, 0.25) is 5.91 Å². The highest BCUT2D eigenvalue weighted by Gasteiger charge is 2.13. The summed E-state index contributed by atoms with van der Waals surface area (Å²) in [5.74, 6) is 7.79. The molecule has 0 aliphatic rings. The average Bonchev–Trinajstić information content (AvgIpc) is 2.46. The standard InChI is InChI=1S/C15H24N2OS/c1-4-11(2)9-19-10-13-5-7-14(8-6-13)12(3)15(18)17-16/h5-8,11-12H,4,9-10,16H2,1-3H3,(H,17,18). The van der Waals surface area contributed by atoms with E-state index in [4.69, 9.17) is 5.84 Å². The summed E-state index contributed by atoms with van der Waals surface area (Å²) in [6, 6.07) is 8.22. The number of nitrogens with two attached hydrogens (primary N) is 1. The lowest BCUT2D eigenvalue weighted by Crippen LogP contribution is -2.33. The van der Waals surface area contributed by atoms with Crippen molar-refractivity contribution in [2.45, 2.75) is 38.9 Å². The molecular weight excluding hydrogens is 256 g/mol. The van der Waals surface area contributed by atoms with Crippen LogP contribution in [0.2, 0.25) is 0 Å². The fourth-order valence-electron chi connectivity index (χ4n) is 1.67. The van der Waals surface area contributed by atoms with E-state index < -0.39 is 0 Å². The van der Waals surface area contributed by atoms with Gasteiger partial charge < -0.3 is 0 Å². The van der Waals surface area contributed by atoms with E-state index in [-0.39, 0.29) is 11.8 Å². The van der Waals surface area contributed by atoms with E-state index in [1.165, 1.54) is 17.7 Å². The van der Waals surface area contributed by atoms with E-state index in [2.05, 4.69) is 31.4 Å². The van der Waals surface area contributed by atoms with Crippen molar-refractivity contribution in [1.82, 2.24) is 5.43 Å². The molecule has 1 aromatic rings. The molecule has 3 nitrogen and oxygen atoms in total. The Labute approximate surface area is 120 Å². The van der Waals surface area contributed by atoms with E-state index in [1.54, 1.807) is 0 Å². The monoisotopic (exact) mass is 280 g/mol. The van der Waals surface area contributed by atoms with Crippen molar-refractivity contribution in [3.63, 3.8) is 0 Å². The Balaban J connectivity index is 2.50. The lowest BCUT2D eigenvalue weighted by molar-refractivity contribution is -0.122. The Morgan fingerprint density at radius 1 is 1.32 bits per heavy atom. The van der Waals surface area contributed by atoms with Gasteiger partial charge in [-0.15, -0.1) is 0 Å². The Hall–Kier alpha value is -1.00. The van der Waals surface area contributed by atoms with Crippen LogP contribution in [0.3, 0.4) is 0 Å². The third-order valence-corrected chi connectivity index (χ3v) is 4.73. The highest BCUT2D eigenvalue weighted by molar-refractivity contribution is 7.98. The van der Waals surface area contributed by atoms with Crippen molar-refractivity contribution < 1.29 is 4.79 Å². The number of rotatable bonds is 7. The van der Waals surface area contributed by atoms with Gasteiger partial charge in [-0.05, 0) is 29.7 Å². The number of hydrogen-bond donors (Lipinski definition) is 2. The van der Waals surface area contributed by atoms with E-state index >= 15 is 0 Å². The van der Waals surface area contributed by atoms with E-state index in [0.717, 1.165) is 17.2 Å². The van der Waals surface area contributed by atoms with Gasteiger partial charge in [-0.3, -0.25) is 10.2 Å². The van der Waals surface area contributed by atoms with Crippen LogP contribution < -0.4 is 11.3 Å². The first-order valence-corrected chi connectivity index (χ1v) is 7.91. The van der Waals surface area contributed by atoms with Crippen LogP contribution in [-0.2, 0) is 10.5 Å². The highest BCUT2D eigenvalue weighted by Crippen LogP contribution is 2.20. The first-order chi connectivity index (χ1) is 9.08. The quantitative estimate of drug-likeness (QED) is 0.458. The van der Waals surface area contributed by atoms with Crippen LogP contribution in [0.25, 0.3) is 0 Å². The predicted molar refractivity (Wildman–Crippen MR) is 82.8 cm³/mol. The van der Waals surface area contributed by atoms with E-state index in [1.807, 2.05) is 30.8 Å². The first kappa shape index (κ1) is 16.1. The van der Waals surface area contributed by atoms with Crippen LogP contribution in [0.15, 0.2) is 24.3 Å². The molecule has 3 N–H and O–H groups in total. The molecule has 4 heteroatoms. The predicted octanol–water partition coefficient (Wildman–Crippen LogP) is 3.06. The number of benzene rings is 1. The fraction of sp³-hybridized carbons (Fsp3) is 0.533. The lowest BCUT2D eigenvalue weighted by Gasteiger charge is -2.11. The topological polar surface area (TPSA) is 55.1 Å². The summed E-state index contributed by atoms with van der Waals surface area (Å²) in [4.78, 5) is 11.4. The van der Waals surface area contributed by atoms with Crippen molar-refractivity contribution in [3.8, 4) is 0 Å². The molecule has 0 saturated carbocycles. The molecule has 0 aliphatic heterocycles. The summed E-state index contributed by atoms with van der Waals surface area (Å²) in [5.41, 5.74) is 4.49. The molecule has 19 heavy (non-hydrogen) atoms. The van der Waals surface area contributed by atoms with Crippen LogP contribution in [0.1, 0.15) is 44.2 Å². The number of carbonyl (C=O) groups is 1. The third kappa shape index (κ3) is 5.25. The number of carbonyl (C=O) groups excluding carboxylic acids is 1. The van der Waals surface area contributed by atoms with Gasteiger partial charge in [0.15, 0.2) is 0 Å². The molecule has 0 spiro atoms. The molecule has 1 aromatic carbocycles. The van der Waals surface area contributed by atoms with Crippen molar-refractivity contribution in [1.29, 1.82) is 0 Å². The molecule has 0 radical (unpaired) electrons. The maximum Gasteiger partial charge on any atom is 0.241 e. The maximum atomic E-state index is 11.4. The Morgan fingerprint density at radius 3 is 2.47 bits per heavy atom. The van der Waals surface area contributed by atoms with Gasteiger partial charge in [0, 0.05) is 5.75 Å². The van der Waals surface area contributed by atoms with E-state index in [0.29, 0.717) is 0 Å². The second kappa shape index (κ2) is 8.23. The largest absolute Gasteiger partial charge is 0.294 e. The van der Waals surface area contributed by atoms with Crippen LogP contribution in [-0.4, -0.2) is 11.7 Å². The van der Waals surface area contributed by atoms with Gasteiger partial charge in [0.25, 0.3) is 0 Å². The number of hydrogen-bond acceptors (Lipinski definition) is 3. The molecule has 0 heterocycles. The average molecular weight is 280 g/mol. The second-order valence-electron chi connectivity index (χ2n) is 5.00. The molecule has 2 unspecified atom stereocenters. The summed E-state index contributed by atoms with van der Waals surface area (Å²) < 4.78 is 0. The Kier molecular flexibility index (Phi) is 6.95. The summed E-state index contributed by atoms with van der Waals surface area (Å²) in [5, 5.41) is 0. The number of amides is 1. The van der Waals surface area contributed by atoms with Gasteiger partial charge in [-0.25, -0.2) is 5.84 Å². The molecule has 106 valence electrons. The van der Waals surface area contributed by atoms with Crippen molar-refractivity contribution in [2.24, 2.45) is 11.8 Å². The summed E-state index contributed by atoms with van der Waals surface area (Å²) in [6.45, 7) is 6.36. The second-order valence-corrected chi connectivity index (χ2v) is 6.03. The van der Waals surface area contributed by atoms with Crippen LogP contribution in [0, 0.1) is 5.92 Å². The van der Waals surface area contributed by atoms with Gasteiger partial charge in [0.05, 0.1) is 5.92 Å². The zero-order chi connectivity index (χ0) is 14.3. The molecule has 0 fully saturated rings. The number of thioether (sulfide) groups is 1. The molecule has 0 aromatic heterocycles.